The molecule has 0 saturated carbocycles. The van der Waals surface area contributed by atoms with E-state index < -0.39 is 0 Å². The first-order chi connectivity index (χ1) is 17.9. The third kappa shape index (κ3) is 4.20. The van der Waals surface area contributed by atoms with Crippen molar-refractivity contribution in [2.45, 2.75) is 24.7 Å². The highest BCUT2D eigenvalue weighted by Crippen LogP contribution is 2.51. The molecule has 0 saturated heterocycles. The molecule has 0 spiro atoms. The Hall–Kier alpha value is -4.51. The molecule has 4 aromatic heterocycles. The number of allylic oxidation sites excluding steroid dienone is 5. The Kier molecular flexibility index (Phi) is 6.11. The van der Waals surface area contributed by atoms with Crippen LogP contribution in [0.1, 0.15) is 47.5 Å². The third-order valence-electron chi connectivity index (χ3n) is 6.65. The number of nitrogens with zero attached hydrogens (tertiary/aromatic N) is 5. The molecule has 0 aromatic carbocycles. The van der Waals surface area contributed by atoms with E-state index >= 15 is 0 Å². The molecule has 4 aromatic rings. The Morgan fingerprint density at radius 2 is 1.28 bits per heavy atom. The van der Waals surface area contributed by atoms with E-state index in [9.17, 15) is 0 Å². The van der Waals surface area contributed by atoms with E-state index in [-0.39, 0.29) is 11.8 Å². The molecule has 0 bridgehead atoms. The molecule has 2 unspecified atom stereocenters. The number of aromatic nitrogens is 4. The molecule has 1 aliphatic carbocycles. The largest absolute Gasteiger partial charge is 0.261 e. The lowest BCUT2D eigenvalue weighted by Gasteiger charge is -2.35. The zero-order valence-corrected chi connectivity index (χ0v) is 19.8. The molecular formula is C31H25N5. The first-order valence-corrected chi connectivity index (χ1v) is 12.2. The zero-order valence-electron chi connectivity index (χ0n) is 19.8. The van der Waals surface area contributed by atoms with Crippen molar-refractivity contribution in [3.05, 3.63) is 144 Å². The van der Waals surface area contributed by atoms with Crippen molar-refractivity contribution < 1.29 is 0 Å². The molecule has 2 atom stereocenters. The first-order valence-electron chi connectivity index (χ1n) is 12.2. The van der Waals surface area contributed by atoms with Gasteiger partial charge in [0.15, 0.2) is 0 Å². The van der Waals surface area contributed by atoms with E-state index in [1.54, 1.807) is 0 Å². The molecule has 0 radical (unpaired) electrons. The average Bonchev–Trinajstić information content (AvgIpc) is 2.98. The summed E-state index contributed by atoms with van der Waals surface area (Å²) in [6.45, 7) is 0. The summed E-state index contributed by atoms with van der Waals surface area (Å²) in [5, 5.41) is 0. The predicted octanol–water partition coefficient (Wildman–Crippen LogP) is 6.43. The lowest BCUT2D eigenvalue weighted by Crippen LogP contribution is -2.23. The standard InChI is InChI=1S/C31H25N5/c1-6-16-32-24(11-1)22-21-23(25-12-2-7-17-33-25)30(27-14-4-9-19-35-27)31(28-15-5-10-20-36-28)29(22)26-13-3-8-18-34-26/h1,3-11,13-22,29H,2,12H2. The summed E-state index contributed by atoms with van der Waals surface area (Å²) >= 11 is 0. The molecule has 6 rings (SSSR count). The van der Waals surface area contributed by atoms with Gasteiger partial charge in [0.25, 0.3) is 0 Å². The van der Waals surface area contributed by atoms with Crippen molar-refractivity contribution in [1.82, 2.24) is 19.9 Å². The normalized spacial score (nSPS) is 19.6. The van der Waals surface area contributed by atoms with Crippen LogP contribution >= 0.6 is 0 Å². The van der Waals surface area contributed by atoms with Gasteiger partial charge in [-0.1, -0.05) is 36.4 Å². The van der Waals surface area contributed by atoms with Crippen molar-refractivity contribution in [1.29, 1.82) is 0 Å². The average molecular weight is 468 g/mol. The fourth-order valence-electron chi connectivity index (χ4n) is 5.10. The van der Waals surface area contributed by atoms with Crippen molar-refractivity contribution in [2.75, 3.05) is 0 Å². The first kappa shape index (κ1) is 22.0. The summed E-state index contributed by atoms with van der Waals surface area (Å²) in [4.78, 5) is 24.1. The highest BCUT2D eigenvalue weighted by atomic mass is 14.8. The van der Waals surface area contributed by atoms with Gasteiger partial charge in [0.2, 0.25) is 0 Å². The SMILES string of the molecule is C1=CN=C(C2=CC(c3ccccn3)C(c3ccccn3)C(c3ccccn3)=C2c2ccccn2)CC1. The summed E-state index contributed by atoms with van der Waals surface area (Å²) < 4.78 is 0. The maximum Gasteiger partial charge on any atom is 0.0712 e. The zero-order chi connectivity index (χ0) is 24.2. The summed E-state index contributed by atoms with van der Waals surface area (Å²) in [5.41, 5.74) is 8.10. The van der Waals surface area contributed by atoms with Crippen molar-refractivity contribution in [3.8, 4) is 0 Å². The fourth-order valence-corrected chi connectivity index (χ4v) is 5.10. The highest BCUT2D eigenvalue weighted by Gasteiger charge is 2.38. The third-order valence-corrected chi connectivity index (χ3v) is 6.65. The van der Waals surface area contributed by atoms with Crippen LogP contribution in [0.2, 0.25) is 0 Å². The van der Waals surface area contributed by atoms with Gasteiger partial charge in [-0.2, -0.15) is 0 Å². The van der Waals surface area contributed by atoms with Crippen molar-refractivity contribution in [3.63, 3.8) is 0 Å². The van der Waals surface area contributed by atoms with Gasteiger partial charge in [0.05, 0.1) is 11.4 Å². The van der Waals surface area contributed by atoms with Gasteiger partial charge in [0.1, 0.15) is 0 Å². The second-order valence-electron chi connectivity index (χ2n) is 8.81. The number of rotatable bonds is 5. The highest BCUT2D eigenvalue weighted by molar-refractivity contribution is 6.19. The van der Waals surface area contributed by atoms with Crippen molar-refractivity contribution in [2.24, 2.45) is 4.99 Å². The van der Waals surface area contributed by atoms with Gasteiger partial charge in [-0.15, -0.1) is 0 Å². The molecule has 174 valence electrons. The smallest absolute Gasteiger partial charge is 0.0712 e. The van der Waals surface area contributed by atoms with E-state index in [1.165, 1.54) is 0 Å². The van der Waals surface area contributed by atoms with E-state index in [0.29, 0.717) is 0 Å². The lowest BCUT2D eigenvalue weighted by atomic mass is 9.69. The summed E-state index contributed by atoms with van der Waals surface area (Å²) in [7, 11) is 0. The van der Waals surface area contributed by atoms with Crippen LogP contribution in [-0.2, 0) is 0 Å². The number of hydrogen-bond donors (Lipinski definition) is 0. The Morgan fingerprint density at radius 3 is 1.86 bits per heavy atom. The molecule has 1 aliphatic heterocycles. The lowest BCUT2D eigenvalue weighted by molar-refractivity contribution is 0.700. The summed E-state index contributed by atoms with van der Waals surface area (Å²) in [6, 6.07) is 24.3. The van der Waals surface area contributed by atoms with Crippen LogP contribution in [-0.4, -0.2) is 25.6 Å². The molecule has 0 fully saturated rings. The molecular weight excluding hydrogens is 442 g/mol. The monoisotopic (exact) mass is 467 g/mol. The van der Waals surface area contributed by atoms with Crippen LogP contribution in [0.4, 0.5) is 0 Å². The molecule has 2 aliphatic rings. The molecule has 5 nitrogen and oxygen atoms in total. The Morgan fingerprint density at radius 1 is 0.639 bits per heavy atom. The van der Waals surface area contributed by atoms with Gasteiger partial charge in [0, 0.05) is 71.1 Å². The topological polar surface area (TPSA) is 63.9 Å². The minimum absolute atomic E-state index is 0.0471. The quantitative estimate of drug-likeness (QED) is 0.339. The van der Waals surface area contributed by atoms with E-state index in [0.717, 1.165) is 58.0 Å². The number of pyridine rings is 4. The van der Waals surface area contributed by atoms with Crippen LogP contribution in [0.15, 0.2) is 127 Å². The van der Waals surface area contributed by atoms with E-state index in [1.807, 2.05) is 79.5 Å². The maximum atomic E-state index is 4.85. The molecule has 5 heterocycles. The van der Waals surface area contributed by atoms with Crippen molar-refractivity contribution >= 4 is 16.9 Å². The predicted molar refractivity (Wildman–Crippen MR) is 143 cm³/mol. The van der Waals surface area contributed by atoms with Crippen LogP contribution in [0.25, 0.3) is 11.1 Å². The van der Waals surface area contributed by atoms with Gasteiger partial charge in [-0.3, -0.25) is 24.9 Å². The summed E-state index contributed by atoms with van der Waals surface area (Å²) in [5.74, 6) is -0.148. The summed E-state index contributed by atoms with van der Waals surface area (Å²) in [6.07, 6.45) is 15.6. The number of hydrogen-bond acceptors (Lipinski definition) is 5. The molecule has 5 heteroatoms. The van der Waals surface area contributed by atoms with Gasteiger partial charge >= 0.3 is 0 Å². The van der Waals surface area contributed by atoms with Gasteiger partial charge < -0.3 is 0 Å². The van der Waals surface area contributed by atoms with Gasteiger partial charge in [-0.05, 0) is 66.9 Å². The van der Waals surface area contributed by atoms with Crippen LogP contribution in [0.3, 0.4) is 0 Å². The van der Waals surface area contributed by atoms with Crippen LogP contribution in [0.5, 0.6) is 0 Å². The number of aliphatic imine (C=N–C) groups is 1. The molecule has 0 N–H and O–H groups in total. The maximum absolute atomic E-state index is 4.85. The Balaban J connectivity index is 1.71. The van der Waals surface area contributed by atoms with Crippen LogP contribution < -0.4 is 0 Å². The van der Waals surface area contributed by atoms with E-state index in [4.69, 9.17) is 24.9 Å². The fraction of sp³-hybridized carbons (Fsp3) is 0.129. The minimum atomic E-state index is -0.100. The van der Waals surface area contributed by atoms with Gasteiger partial charge in [-0.25, -0.2) is 0 Å². The minimum Gasteiger partial charge on any atom is -0.261 e. The molecule has 36 heavy (non-hydrogen) atoms. The Bertz CT molecular complexity index is 1460. The van der Waals surface area contributed by atoms with Crippen LogP contribution in [0, 0.1) is 0 Å². The second kappa shape index (κ2) is 10.0. The van der Waals surface area contributed by atoms with E-state index in [2.05, 4.69) is 36.4 Å². The second-order valence-corrected chi connectivity index (χ2v) is 8.81. The Labute approximate surface area is 210 Å². The molecule has 0 amide bonds.